The number of ether oxygens (including phenoxy) is 2. The summed E-state index contributed by atoms with van der Waals surface area (Å²) in [6, 6.07) is 7.77. The molecule has 1 N–H and O–H groups in total. The second-order valence-corrected chi connectivity index (χ2v) is 13.0. The maximum Gasteiger partial charge on any atom is 0.410 e. The fourth-order valence-corrected chi connectivity index (χ4v) is 5.84. The third-order valence-electron chi connectivity index (χ3n) is 7.01. The van der Waals surface area contributed by atoms with Gasteiger partial charge in [0.25, 0.3) is 0 Å². The quantitative estimate of drug-likeness (QED) is 0.447. The lowest BCUT2D eigenvalue weighted by Gasteiger charge is -2.40. The number of carbonyl (C=O) groups is 3. The first-order chi connectivity index (χ1) is 17.2. The van der Waals surface area contributed by atoms with Gasteiger partial charge in [-0.2, -0.15) is 0 Å². The Morgan fingerprint density at radius 3 is 2.43 bits per heavy atom. The zero-order valence-electron chi connectivity index (χ0n) is 22.6. The Balaban J connectivity index is 1.56. The van der Waals surface area contributed by atoms with E-state index in [1.54, 1.807) is 4.90 Å². The van der Waals surface area contributed by atoms with Gasteiger partial charge in [-0.15, -0.1) is 0 Å². The second kappa shape index (κ2) is 10.3. The number of ketones is 1. The van der Waals surface area contributed by atoms with E-state index in [2.05, 4.69) is 35.1 Å². The average Bonchev–Trinajstić information content (AvgIpc) is 2.76. The highest BCUT2D eigenvalue weighted by molar-refractivity contribution is 9.10. The molecule has 1 aromatic carbocycles. The van der Waals surface area contributed by atoms with Gasteiger partial charge in [0, 0.05) is 59.7 Å². The molecule has 0 spiro atoms. The van der Waals surface area contributed by atoms with Crippen LogP contribution in [0.15, 0.2) is 51.3 Å². The molecule has 0 radical (unpaired) electrons. The van der Waals surface area contributed by atoms with E-state index in [-0.39, 0.29) is 23.4 Å². The molecule has 3 aliphatic rings. The van der Waals surface area contributed by atoms with Gasteiger partial charge in [0.05, 0.1) is 5.57 Å². The number of likely N-dealkylation sites (tertiary alicyclic amines) is 1. The first-order valence-electron chi connectivity index (χ1n) is 12.9. The van der Waals surface area contributed by atoms with Crippen molar-refractivity contribution in [3.05, 3.63) is 56.8 Å². The lowest BCUT2D eigenvalue weighted by molar-refractivity contribution is -0.146. The van der Waals surface area contributed by atoms with Gasteiger partial charge in [-0.3, -0.25) is 4.79 Å². The summed E-state index contributed by atoms with van der Waals surface area (Å²) >= 11 is 3.55. The fraction of sp³-hybridized carbons (Fsp3) is 0.552. The highest BCUT2D eigenvalue weighted by Gasteiger charge is 2.43. The van der Waals surface area contributed by atoms with E-state index in [4.69, 9.17) is 9.47 Å². The Morgan fingerprint density at radius 1 is 1.14 bits per heavy atom. The SMILES string of the molecule is CC1=C(C(=O)OC2CCN(C(=O)OC(C)(C)C)CC2)C(c2cccc(Br)c2)C2=C(CC(C)(C)CC2=O)N1. The van der Waals surface area contributed by atoms with Crippen molar-refractivity contribution in [1.29, 1.82) is 0 Å². The molecule has 7 nitrogen and oxygen atoms in total. The van der Waals surface area contributed by atoms with Crippen LogP contribution in [0.2, 0.25) is 0 Å². The fourth-order valence-electron chi connectivity index (χ4n) is 5.42. The van der Waals surface area contributed by atoms with E-state index in [0.717, 1.165) is 22.2 Å². The lowest BCUT2D eigenvalue weighted by Crippen LogP contribution is -2.44. The molecule has 1 aromatic rings. The summed E-state index contributed by atoms with van der Waals surface area (Å²) in [6.45, 7) is 12.5. The molecule has 0 aromatic heterocycles. The summed E-state index contributed by atoms with van der Waals surface area (Å²) in [5.74, 6) is -0.853. The second-order valence-electron chi connectivity index (χ2n) is 12.1. The minimum absolute atomic E-state index is 0.0622. The van der Waals surface area contributed by atoms with Gasteiger partial charge in [0.1, 0.15) is 11.7 Å². The Hall–Kier alpha value is -2.61. The van der Waals surface area contributed by atoms with Crippen molar-refractivity contribution in [2.45, 2.75) is 84.8 Å². The zero-order valence-corrected chi connectivity index (χ0v) is 24.2. The number of benzene rings is 1. The number of nitrogens with one attached hydrogen (secondary N) is 1. The number of amides is 1. The summed E-state index contributed by atoms with van der Waals surface area (Å²) in [4.78, 5) is 41.2. The number of hydrogen-bond acceptors (Lipinski definition) is 6. The molecular weight excluding hydrogens is 536 g/mol. The molecular formula is C29H37BrN2O5. The molecule has 2 heterocycles. The summed E-state index contributed by atoms with van der Waals surface area (Å²) in [6.07, 6.45) is 1.58. The predicted octanol–water partition coefficient (Wildman–Crippen LogP) is 6.00. The smallest absolute Gasteiger partial charge is 0.410 e. The van der Waals surface area contributed by atoms with Gasteiger partial charge in [-0.05, 0) is 57.2 Å². The number of rotatable bonds is 3. The van der Waals surface area contributed by atoms with Crippen LogP contribution in [0.25, 0.3) is 0 Å². The normalized spacial score (nSPS) is 22.4. The number of allylic oxidation sites excluding steroid dienone is 3. The molecule has 1 amide bonds. The summed E-state index contributed by atoms with van der Waals surface area (Å²) < 4.78 is 12.4. The lowest BCUT2D eigenvalue weighted by atomic mass is 9.68. The molecule has 1 atom stereocenters. The van der Waals surface area contributed by atoms with Crippen LogP contribution < -0.4 is 5.32 Å². The highest BCUT2D eigenvalue weighted by atomic mass is 79.9. The van der Waals surface area contributed by atoms with Crippen molar-refractivity contribution in [2.75, 3.05) is 13.1 Å². The molecule has 1 saturated heterocycles. The van der Waals surface area contributed by atoms with E-state index >= 15 is 0 Å². The van der Waals surface area contributed by atoms with Crippen molar-refractivity contribution in [1.82, 2.24) is 10.2 Å². The van der Waals surface area contributed by atoms with Gasteiger partial charge in [0.15, 0.2) is 5.78 Å². The van der Waals surface area contributed by atoms with Crippen molar-refractivity contribution in [2.24, 2.45) is 5.41 Å². The highest BCUT2D eigenvalue weighted by Crippen LogP contribution is 2.47. The van der Waals surface area contributed by atoms with Crippen molar-refractivity contribution < 1.29 is 23.9 Å². The molecule has 200 valence electrons. The number of nitrogens with zero attached hydrogens (tertiary/aromatic N) is 1. The first-order valence-corrected chi connectivity index (χ1v) is 13.7. The summed E-state index contributed by atoms with van der Waals surface area (Å²) in [7, 11) is 0. The summed E-state index contributed by atoms with van der Waals surface area (Å²) in [5, 5.41) is 3.39. The monoisotopic (exact) mass is 572 g/mol. The van der Waals surface area contributed by atoms with Crippen molar-refractivity contribution in [3.8, 4) is 0 Å². The molecule has 4 rings (SSSR count). The van der Waals surface area contributed by atoms with Gasteiger partial charge < -0.3 is 19.7 Å². The molecule has 1 fully saturated rings. The van der Waals surface area contributed by atoms with Crippen LogP contribution in [0.3, 0.4) is 0 Å². The minimum Gasteiger partial charge on any atom is -0.459 e. The number of Topliss-reactive ketones (excluding diaryl/α,β-unsaturated/α-hetero) is 1. The van der Waals surface area contributed by atoms with E-state index in [1.165, 1.54) is 0 Å². The molecule has 1 unspecified atom stereocenters. The number of piperidine rings is 1. The van der Waals surface area contributed by atoms with E-state index < -0.39 is 17.5 Å². The van der Waals surface area contributed by atoms with Crippen LogP contribution in [0.5, 0.6) is 0 Å². The first kappa shape index (κ1) is 27.4. The number of carbonyl (C=O) groups excluding carboxylic acids is 3. The Labute approximate surface area is 227 Å². The number of esters is 1. The van der Waals surface area contributed by atoms with E-state index in [9.17, 15) is 14.4 Å². The Kier molecular flexibility index (Phi) is 7.62. The maximum absolute atomic E-state index is 13.7. The third kappa shape index (κ3) is 6.28. The zero-order chi connectivity index (χ0) is 27.1. The molecule has 1 aliphatic carbocycles. The van der Waals surface area contributed by atoms with Gasteiger partial charge in [0.2, 0.25) is 0 Å². The Bertz CT molecular complexity index is 1170. The Morgan fingerprint density at radius 2 is 1.81 bits per heavy atom. The number of hydrogen-bond donors (Lipinski definition) is 1. The molecule has 8 heteroatoms. The molecule has 37 heavy (non-hydrogen) atoms. The molecule has 2 aliphatic heterocycles. The number of halogens is 1. The maximum atomic E-state index is 13.7. The third-order valence-corrected chi connectivity index (χ3v) is 7.50. The standard InChI is InChI=1S/C29H37BrN2O5/c1-17-23(26(34)36-20-10-12-32(13-11-20)27(35)37-28(2,3)4)24(18-8-7-9-19(30)14-18)25-21(31-17)15-29(5,6)16-22(25)33/h7-9,14,20,24,31H,10-13,15-16H2,1-6H3. The van der Waals surface area contributed by atoms with Gasteiger partial charge in [-0.1, -0.05) is 41.9 Å². The van der Waals surface area contributed by atoms with Crippen LogP contribution in [0.1, 0.15) is 78.7 Å². The van der Waals surface area contributed by atoms with Crippen LogP contribution >= 0.6 is 15.9 Å². The summed E-state index contributed by atoms with van der Waals surface area (Å²) in [5.41, 5.74) is 2.91. The van der Waals surface area contributed by atoms with Crippen LogP contribution in [0, 0.1) is 5.41 Å². The van der Waals surface area contributed by atoms with Crippen molar-refractivity contribution in [3.63, 3.8) is 0 Å². The predicted molar refractivity (Wildman–Crippen MR) is 145 cm³/mol. The molecule has 0 bridgehead atoms. The van der Waals surface area contributed by atoms with Gasteiger partial charge in [-0.25, -0.2) is 9.59 Å². The van der Waals surface area contributed by atoms with Crippen LogP contribution in [0.4, 0.5) is 4.79 Å². The number of dihydropyridines is 1. The van der Waals surface area contributed by atoms with E-state index in [0.29, 0.717) is 49.2 Å². The van der Waals surface area contributed by atoms with E-state index in [1.807, 2.05) is 52.0 Å². The van der Waals surface area contributed by atoms with Crippen LogP contribution in [-0.4, -0.2) is 47.5 Å². The molecule has 0 saturated carbocycles. The van der Waals surface area contributed by atoms with Crippen LogP contribution in [-0.2, 0) is 19.1 Å². The van der Waals surface area contributed by atoms with Crippen molar-refractivity contribution >= 4 is 33.8 Å². The van der Waals surface area contributed by atoms with Gasteiger partial charge >= 0.3 is 12.1 Å². The average molecular weight is 574 g/mol. The topological polar surface area (TPSA) is 84.9 Å². The minimum atomic E-state index is -0.556. The largest absolute Gasteiger partial charge is 0.459 e.